The second kappa shape index (κ2) is 4.99. The van der Waals surface area contributed by atoms with Crippen molar-refractivity contribution in [2.24, 2.45) is 7.05 Å². The average Bonchev–Trinajstić information content (AvgIpc) is 2.65. The second-order valence-corrected chi connectivity index (χ2v) is 4.91. The molecule has 18 heavy (non-hydrogen) atoms. The highest BCUT2D eigenvalue weighted by molar-refractivity contribution is 9.10. The molecular weight excluding hydrogens is 320 g/mol. The number of rotatable bonds is 2. The van der Waals surface area contributed by atoms with Crippen LogP contribution in [0.2, 0.25) is 5.02 Å². The first-order chi connectivity index (χ1) is 8.49. The monoisotopic (exact) mass is 328 g/mol. The quantitative estimate of drug-likeness (QED) is 0.889. The van der Waals surface area contributed by atoms with Crippen LogP contribution in [0.1, 0.15) is 10.4 Å². The first-order valence-corrected chi connectivity index (χ1v) is 6.20. The number of nitrogens with zero attached hydrogens (tertiary/aromatic N) is 2. The smallest absolute Gasteiger partial charge is 0.261 e. The van der Waals surface area contributed by atoms with Crippen LogP contribution in [-0.2, 0) is 7.05 Å². The van der Waals surface area contributed by atoms with Gasteiger partial charge in [0.15, 0.2) is 0 Å². The van der Waals surface area contributed by atoms with Gasteiger partial charge in [0.2, 0.25) is 0 Å². The van der Waals surface area contributed by atoms with Gasteiger partial charge in [0.25, 0.3) is 5.91 Å². The summed E-state index contributed by atoms with van der Waals surface area (Å²) in [5, 5.41) is 7.21. The Morgan fingerprint density at radius 1 is 1.56 bits per heavy atom. The van der Waals surface area contributed by atoms with E-state index in [0.717, 1.165) is 0 Å². The number of aromatic nitrogens is 2. The first-order valence-electron chi connectivity index (χ1n) is 5.03. The van der Waals surface area contributed by atoms with Gasteiger partial charge in [0.05, 0.1) is 11.2 Å². The summed E-state index contributed by atoms with van der Waals surface area (Å²) in [7, 11) is 1.67. The van der Waals surface area contributed by atoms with E-state index in [4.69, 9.17) is 17.3 Å². The maximum Gasteiger partial charge on any atom is 0.261 e. The molecule has 0 bridgehead atoms. The van der Waals surface area contributed by atoms with Crippen molar-refractivity contribution in [3.05, 3.63) is 39.5 Å². The van der Waals surface area contributed by atoms with E-state index in [1.807, 2.05) is 0 Å². The fourth-order valence-electron chi connectivity index (χ4n) is 1.39. The van der Waals surface area contributed by atoms with E-state index in [9.17, 15) is 4.79 Å². The number of nitrogen functional groups attached to an aromatic ring is 1. The minimum atomic E-state index is -0.310. The first kappa shape index (κ1) is 12.9. The lowest BCUT2D eigenvalue weighted by Gasteiger charge is -2.06. The third-order valence-electron chi connectivity index (χ3n) is 2.41. The molecule has 0 aliphatic rings. The number of benzene rings is 1. The van der Waals surface area contributed by atoms with Crippen LogP contribution in [0.15, 0.2) is 28.9 Å². The van der Waals surface area contributed by atoms with Crippen molar-refractivity contribution in [1.29, 1.82) is 0 Å². The number of carbonyl (C=O) groups is 1. The van der Waals surface area contributed by atoms with Crippen LogP contribution in [-0.4, -0.2) is 15.7 Å². The van der Waals surface area contributed by atoms with Crippen molar-refractivity contribution in [2.75, 3.05) is 11.1 Å². The van der Waals surface area contributed by atoms with Gasteiger partial charge in [-0.05, 0) is 34.1 Å². The lowest BCUT2D eigenvalue weighted by molar-refractivity contribution is 0.102. The summed E-state index contributed by atoms with van der Waals surface area (Å²) in [6.45, 7) is 0. The molecule has 0 spiro atoms. The Kier molecular flexibility index (Phi) is 3.58. The summed E-state index contributed by atoms with van der Waals surface area (Å²) >= 11 is 9.16. The summed E-state index contributed by atoms with van der Waals surface area (Å²) in [6, 6.07) is 5.11. The number of anilines is 2. The number of aryl methyl sites for hydroxylation is 1. The normalized spacial score (nSPS) is 10.4. The van der Waals surface area contributed by atoms with Gasteiger partial charge < -0.3 is 11.1 Å². The zero-order chi connectivity index (χ0) is 13.3. The third kappa shape index (κ3) is 2.49. The molecule has 0 aliphatic carbocycles. The molecule has 0 fully saturated rings. The van der Waals surface area contributed by atoms with Crippen molar-refractivity contribution >= 4 is 44.9 Å². The van der Waals surface area contributed by atoms with Gasteiger partial charge in [0, 0.05) is 17.2 Å². The summed E-state index contributed by atoms with van der Waals surface area (Å²) in [5.74, 6) is 0.00958. The predicted molar refractivity (Wildman–Crippen MR) is 74.7 cm³/mol. The van der Waals surface area contributed by atoms with Crippen molar-refractivity contribution in [3.63, 3.8) is 0 Å². The SMILES string of the molecule is Cn1ncc(C(=O)Nc2ccc(Cl)c(Br)c2)c1N. The molecule has 3 N–H and O–H groups in total. The molecule has 1 aromatic carbocycles. The molecule has 0 atom stereocenters. The maximum absolute atomic E-state index is 12.0. The molecule has 5 nitrogen and oxygen atoms in total. The van der Waals surface area contributed by atoms with E-state index >= 15 is 0 Å². The zero-order valence-corrected chi connectivity index (χ0v) is 11.8. The standard InChI is InChI=1S/C11H10BrClN4O/c1-17-10(14)7(5-15-17)11(18)16-6-2-3-9(13)8(12)4-6/h2-5H,14H2,1H3,(H,16,18). The largest absolute Gasteiger partial charge is 0.383 e. The number of hydrogen-bond acceptors (Lipinski definition) is 3. The Balaban J connectivity index is 2.21. The molecule has 0 saturated carbocycles. The van der Waals surface area contributed by atoms with Crippen molar-refractivity contribution in [2.45, 2.75) is 0 Å². The van der Waals surface area contributed by atoms with Crippen LogP contribution in [0, 0.1) is 0 Å². The minimum absolute atomic E-state index is 0.310. The highest BCUT2D eigenvalue weighted by Crippen LogP contribution is 2.26. The topological polar surface area (TPSA) is 72.9 Å². The molecule has 2 rings (SSSR count). The summed E-state index contributed by atoms with van der Waals surface area (Å²) < 4.78 is 2.15. The van der Waals surface area contributed by atoms with Gasteiger partial charge in [-0.1, -0.05) is 11.6 Å². The van der Waals surface area contributed by atoms with E-state index in [1.54, 1.807) is 25.2 Å². The minimum Gasteiger partial charge on any atom is -0.383 e. The van der Waals surface area contributed by atoms with E-state index in [2.05, 4.69) is 26.3 Å². The number of amides is 1. The molecule has 1 aromatic heterocycles. The highest BCUT2D eigenvalue weighted by Gasteiger charge is 2.14. The average molecular weight is 330 g/mol. The summed E-state index contributed by atoms with van der Waals surface area (Å²) in [6.07, 6.45) is 1.43. The highest BCUT2D eigenvalue weighted by atomic mass is 79.9. The number of nitrogens with two attached hydrogens (primary N) is 1. The van der Waals surface area contributed by atoms with Gasteiger partial charge in [0.1, 0.15) is 11.4 Å². The van der Waals surface area contributed by atoms with Crippen LogP contribution in [0.25, 0.3) is 0 Å². The van der Waals surface area contributed by atoms with Crippen molar-refractivity contribution < 1.29 is 4.79 Å². The summed E-state index contributed by atoms with van der Waals surface area (Å²) in [4.78, 5) is 12.0. The maximum atomic E-state index is 12.0. The molecule has 0 aliphatic heterocycles. The fraction of sp³-hybridized carbons (Fsp3) is 0.0909. The molecule has 94 valence electrons. The van der Waals surface area contributed by atoms with E-state index in [1.165, 1.54) is 10.9 Å². The Morgan fingerprint density at radius 2 is 2.28 bits per heavy atom. The van der Waals surface area contributed by atoms with Gasteiger partial charge in [-0.15, -0.1) is 0 Å². The third-order valence-corrected chi connectivity index (χ3v) is 3.62. The second-order valence-electron chi connectivity index (χ2n) is 3.65. The zero-order valence-electron chi connectivity index (χ0n) is 9.45. The van der Waals surface area contributed by atoms with Crippen LogP contribution in [0.5, 0.6) is 0 Å². The van der Waals surface area contributed by atoms with E-state index in [0.29, 0.717) is 26.6 Å². The molecule has 0 radical (unpaired) electrons. The van der Waals surface area contributed by atoms with Gasteiger partial charge in [-0.2, -0.15) is 5.10 Å². The number of hydrogen-bond donors (Lipinski definition) is 2. The van der Waals surface area contributed by atoms with Crippen molar-refractivity contribution in [3.8, 4) is 0 Å². The fourth-order valence-corrected chi connectivity index (χ4v) is 1.89. The van der Waals surface area contributed by atoms with Crippen LogP contribution >= 0.6 is 27.5 Å². The number of carbonyl (C=O) groups excluding carboxylic acids is 1. The molecule has 2 aromatic rings. The number of nitrogens with one attached hydrogen (secondary N) is 1. The van der Waals surface area contributed by atoms with E-state index in [-0.39, 0.29) is 5.91 Å². The van der Waals surface area contributed by atoms with Gasteiger partial charge in [-0.25, -0.2) is 0 Å². The molecule has 0 saturated heterocycles. The summed E-state index contributed by atoms with van der Waals surface area (Å²) in [5.41, 5.74) is 6.68. The number of halogens is 2. The van der Waals surface area contributed by atoms with Crippen LogP contribution in [0.4, 0.5) is 11.5 Å². The molecule has 0 unspecified atom stereocenters. The Morgan fingerprint density at radius 3 is 2.83 bits per heavy atom. The molecule has 1 amide bonds. The van der Waals surface area contributed by atoms with E-state index < -0.39 is 0 Å². The molecule has 7 heteroatoms. The Labute approximate surface area is 117 Å². The Hall–Kier alpha value is -1.53. The van der Waals surface area contributed by atoms with Gasteiger partial charge in [-0.3, -0.25) is 9.48 Å². The Bertz CT molecular complexity index is 611. The lowest BCUT2D eigenvalue weighted by Crippen LogP contribution is -2.13. The molecule has 1 heterocycles. The van der Waals surface area contributed by atoms with Crippen LogP contribution in [0.3, 0.4) is 0 Å². The van der Waals surface area contributed by atoms with Crippen LogP contribution < -0.4 is 11.1 Å². The van der Waals surface area contributed by atoms with Gasteiger partial charge >= 0.3 is 0 Å². The molecular formula is C11H10BrClN4O. The van der Waals surface area contributed by atoms with Crippen molar-refractivity contribution in [1.82, 2.24) is 9.78 Å². The predicted octanol–water partition coefficient (Wildman–Crippen LogP) is 2.67. The lowest BCUT2D eigenvalue weighted by atomic mass is 10.2.